The quantitative estimate of drug-likeness (QED) is 0.765. The summed E-state index contributed by atoms with van der Waals surface area (Å²) in [5, 5.41) is 5.49. The van der Waals surface area contributed by atoms with Gasteiger partial charge in [0.25, 0.3) is 0 Å². The largest absolute Gasteiger partial charge is 0.497 e. The molecule has 1 aliphatic rings. The van der Waals surface area contributed by atoms with Crippen LogP contribution in [0.15, 0.2) is 48.8 Å². The molecule has 3 heterocycles. The number of hydrogen-bond acceptors (Lipinski definition) is 5. The second-order valence-corrected chi connectivity index (χ2v) is 6.44. The van der Waals surface area contributed by atoms with Crippen LogP contribution in [0.3, 0.4) is 0 Å². The van der Waals surface area contributed by atoms with Crippen molar-refractivity contribution in [1.82, 2.24) is 14.9 Å². The van der Waals surface area contributed by atoms with Crippen LogP contribution in [0.2, 0.25) is 0 Å². The Morgan fingerprint density at radius 1 is 1.00 bits per heavy atom. The maximum atomic E-state index is 5.30. The first-order valence-corrected chi connectivity index (χ1v) is 8.68. The van der Waals surface area contributed by atoms with Crippen LogP contribution in [-0.4, -0.2) is 35.1 Å². The number of fused-ring (bicyclic) bond motifs is 1. The van der Waals surface area contributed by atoms with Crippen LogP contribution in [0.4, 0.5) is 11.6 Å². The van der Waals surface area contributed by atoms with Crippen molar-refractivity contribution in [2.75, 3.05) is 25.5 Å². The summed E-state index contributed by atoms with van der Waals surface area (Å²) >= 11 is 0. The molecule has 0 radical (unpaired) electrons. The highest BCUT2D eigenvalue weighted by Crippen LogP contribution is 2.24. The molecule has 0 aliphatic carbocycles. The zero-order chi connectivity index (χ0) is 17.1. The highest BCUT2D eigenvalue weighted by molar-refractivity contribution is 5.85. The minimum Gasteiger partial charge on any atom is -0.497 e. The minimum absolute atomic E-state index is 0.784. The normalized spacial score (nSPS) is 14.8. The molecule has 1 fully saturated rings. The molecule has 1 aliphatic heterocycles. The summed E-state index contributed by atoms with van der Waals surface area (Å²) in [4.78, 5) is 11.4. The third-order valence-corrected chi connectivity index (χ3v) is 4.61. The summed E-state index contributed by atoms with van der Waals surface area (Å²) in [6, 6.07) is 12.2. The molecule has 2 aromatic heterocycles. The van der Waals surface area contributed by atoms with Gasteiger partial charge in [-0.05, 0) is 73.3 Å². The Morgan fingerprint density at radius 3 is 2.68 bits per heavy atom. The predicted octanol–water partition coefficient (Wildman–Crippen LogP) is 3.98. The molecule has 1 aromatic carbocycles. The van der Waals surface area contributed by atoms with Crippen molar-refractivity contribution in [3.05, 3.63) is 54.4 Å². The average Bonchev–Trinajstić information content (AvgIpc) is 3.14. The van der Waals surface area contributed by atoms with Gasteiger partial charge in [-0.2, -0.15) is 0 Å². The van der Waals surface area contributed by atoms with E-state index in [2.05, 4.69) is 32.3 Å². The van der Waals surface area contributed by atoms with Gasteiger partial charge >= 0.3 is 0 Å². The summed E-state index contributed by atoms with van der Waals surface area (Å²) in [6.07, 6.45) is 6.34. The summed E-state index contributed by atoms with van der Waals surface area (Å²) in [6.45, 7) is 3.37. The Bertz CT molecular complexity index is 874. The van der Waals surface area contributed by atoms with Crippen molar-refractivity contribution in [1.29, 1.82) is 0 Å². The number of likely N-dealkylation sites (tertiary alicyclic amines) is 1. The maximum Gasteiger partial charge on any atom is 0.132 e. The van der Waals surface area contributed by atoms with Gasteiger partial charge in [0.2, 0.25) is 0 Å². The van der Waals surface area contributed by atoms with Crippen LogP contribution in [0.1, 0.15) is 18.4 Å². The number of methoxy groups -OCH3 is 1. The zero-order valence-corrected chi connectivity index (χ0v) is 14.4. The number of nitrogens with one attached hydrogen (secondary N) is 1. The number of rotatable bonds is 5. The lowest BCUT2D eigenvalue weighted by molar-refractivity contribution is 0.331. The van der Waals surface area contributed by atoms with Crippen LogP contribution in [-0.2, 0) is 6.54 Å². The monoisotopic (exact) mass is 334 g/mol. The van der Waals surface area contributed by atoms with Crippen molar-refractivity contribution in [3.8, 4) is 5.75 Å². The molecule has 25 heavy (non-hydrogen) atoms. The molecule has 0 bridgehead atoms. The van der Waals surface area contributed by atoms with Gasteiger partial charge < -0.3 is 10.1 Å². The molecule has 0 atom stereocenters. The minimum atomic E-state index is 0.784. The molecule has 128 valence electrons. The maximum absolute atomic E-state index is 5.30. The highest BCUT2D eigenvalue weighted by atomic mass is 16.5. The number of aromatic nitrogens is 2. The number of benzene rings is 1. The molecule has 5 heteroatoms. The third kappa shape index (κ3) is 3.72. The van der Waals surface area contributed by atoms with Gasteiger partial charge in [0.05, 0.1) is 7.11 Å². The van der Waals surface area contributed by atoms with Gasteiger partial charge in [0, 0.05) is 24.3 Å². The average molecular weight is 334 g/mol. The second-order valence-electron chi connectivity index (χ2n) is 6.44. The zero-order valence-electron chi connectivity index (χ0n) is 14.4. The molecule has 1 saturated heterocycles. The third-order valence-electron chi connectivity index (χ3n) is 4.61. The van der Waals surface area contributed by atoms with Crippen molar-refractivity contribution in [3.63, 3.8) is 0 Å². The van der Waals surface area contributed by atoms with E-state index in [9.17, 15) is 0 Å². The van der Waals surface area contributed by atoms with E-state index >= 15 is 0 Å². The van der Waals surface area contributed by atoms with E-state index in [4.69, 9.17) is 4.74 Å². The topological polar surface area (TPSA) is 50.3 Å². The Labute approximate surface area is 147 Å². The van der Waals surface area contributed by atoms with E-state index in [0.29, 0.717) is 0 Å². The number of hydrogen-bond donors (Lipinski definition) is 1. The lowest BCUT2D eigenvalue weighted by Crippen LogP contribution is -2.18. The van der Waals surface area contributed by atoms with E-state index in [1.807, 2.05) is 36.7 Å². The molecule has 0 amide bonds. The smallest absolute Gasteiger partial charge is 0.132 e. The number of ether oxygens (including phenoxy) is 1. The number of anilines is 2. The summed E-state index contributed by atoms with van der Waals surface area (Å²) in [7, 11) is 1.68. The van der Waals surface area contributed by atoms with Crippen LogP contribution in [0.25, 0.3) is 10.8 Å². The lowest BCUT2D eigenvalue weighted by Gasteiger charge is -2.15. The predicted molar refractivity (Wildman–Crippen MR) is 100 cm³/mol. The van der Waals surface area contributed by atoms with Crippen molar-refractivity contribution >= 4 is 22.4 Å². The van der Waals surface area contributed by atoms with Crippen LogP contribution < -0.4 is 10.1 Å². The molecule has 0 saturated carbocycles. The SMILES string of the molecule is COc1ccc2cnc(Nc3cc(CN4CCCC4)ccn3)cc2c1. The summed E-state index contributed by atoms with van der Waals surface area (Å²) in [5.41, 5.74) is 1.28. The molecule has 5 nitrogen and oxygen atoms in total. The first-order chi connectivity index (χ1) is 12.3. The molecular weight excluding hydrogens is 312 g/mol. The standard InChI is InChI=1S/C20H22N4O/c1-25-18-5-4-16-13-22-20(12-17(16)11-18)23-19-10-15(6-7-21-19)14-24-8-2-3-9-24/h4-7,10-13H,2-3,8-9,14H2,1H3,(H,21,22,23). The van der Waals surface area contributed by atoms with E-state index in [0.717, 1.165) is 34.7 Å². The Kier molecular flexibility index (Phi) is 4.48. The first kappa shape index (κ1) is 15.8. The van der Waals surface area contributed by atoms with Gasteiger partial charge in [-0.1, -0.05) is 0 Å². The van der Waals surface area contributed by atoms with Crippen molar-refractivity contribution < 1.29 is 4.74 Å². The van der Waals surface area contributed by atoms with Gasteiger partial charge in [-0.15, -0.1) is 0 Å². The van der Waals surface area contributed by atoms with Crippen molar-refractivity contribution in [2.45, 2.75) is 19.4 Å². The van der Waals surface area contributed by atoms with E-state index in [1.54, 1.807) is 7.11 Å². The summed E-state index contributed by atoms with van der Waals surface area (Å²) in [5.74, 6) is 2.45. The van der Waals surface area contributed by atoms with E-state index in [-0.39, 0.29) is 0 Å². The van der Waals surface area contributed by atoms with Crippen LogP contribution in [0, 0.1) is 0 Å². The van der Waals surface area contributed by atoms with Crippen LogP contribution in [0.5, 0.6) is 5.75 Å². The number of nitrogens with zero attached hydrogens (tertiary/aromatic N) is 3. The molecule has 3 aromatic rings. The Balaban J connectivity index is 1.53. The van der Waals surface area contributed by atoms with E-state index < -0.39 is 0 Å². The highest BCUT2D eigenvalue weighted by Gasteiger charge is 2.12. The van der Waals surface area contributed by atoms with Crippen LogP contribution >= 0.6 is 0 Å². The molecule has 0 unspecified atom stereocenters. The number of pyridine rings is 2. The molecule has 4 rings (SSSR count). The van der Waals surface area contributed by atoms with Gasteiger partial charge in [-0.25, -0.2) is 9.97 Å². The van der Waals surface area contributed by atoms with Gasteiger partial charge in [0.15, 0.2) is 0 Å². The van der Waals surface area contributed by atoms with Crippen molar-refractivity contribution in [2.24, 2.45) is 0 Å². The fraction of sp³-hybridized carbons (Fsp3) is 0.300. The second kappa shape index (κ2) is 7.07. The van der Waals surface area contributed by atoms with Gasteiger partial charge in [0.1, 0.15) is 17.4 Å². The fourth-order valence-corrected chi connectivity index (χ4v) is 3.29. The van der Waals surface area contributed by atoms with E-state index in [1.165, 1.54) is 31.5 Å². The lowest BCUT2D eigenvalue weighted by atomic mass is 10.1. The molecular formula is C20H22N4O. The Morgan fingerprint density at radius 2 is 1.84 bits per heavy atom. The van der Waals surface area contributed by atoms with Gasteiger partial charge in [-0.3, -0.25) is 4.90 Å². The Hall–Kier alpha value is -2.66. The molecule has 1 N–H and O–H groups in total. The molecule has 0 spiro atoms. The summed E-state index contributed by atoms with van der Waals surface area (Å²) < 4.78 is 5.30. The first-order valence-electron chi connectivity index (χ1n) is 8.68. The fourth-order valence-electron chi connectivity index (χ4n) is 3.29.